The minimum Gasteiger partial charge on any atom is -0.497 e. The van der Waals surface area contributed by atoms with Gasteiger partial charge in [0.25, 0.3) is 0 Å². The SMILES string of the molecule is COc1cccc(COc2nc(N3CC[C@@H](N(C)C)C3)ncc2Sc2ccc(C(N)=O)cc2)c1. The fourth-order valence-corrected chi connectivity index (χ4v) is 4.57. The van der Waals surface area contributed by atoms with E-state index in [1.165, 1.54) is 11.8 Å². The van der Waals surface area contributed by atoms with Crippen molar-refractivity contribution in [3.8, 4) is 11.6 Å². The number of carbonyl (C=O) groups excluding carboxylic acids is 1. The number of benzene rings is 2. The van der Waals surface area contributed by atoms with Crippen molar-refractivity contribution in [3.05, 3.63) is 65.9 Å². The van der Waals surface area contributed by atoms with E-state index in [4.69, 9.17) is 20.2 Å². The second-order valence-corrected chi connectivity index (χ2v) is 9.44. The summed E-state index contributed by atoms with van der Waals surface area (Å²) in [6.07, 6.45) is 2.87. The monoisotopic (exact) mass is 479 g/mol. The van der Waals surface area contributed by atoms with Gasteiger partial charge in [0, 0.05) is 29.6 Å². The van der Waals surface area contributed by atoms with Crippen LogP contribution in [0.25, 0.3) is 0 Å². The van der Waals surface area contributed by atoms with Crippen molar-refractivity contribution >= 4 is 23.6 Å². The number of primary amides is 1. The Labute approximate surface area is 204 Å². The van der Waals surface area contributed by atoms with E-state index in [2.05, 4.69) is 28.9 Å². The van der Waals surface area contributed by atoms with Crippen LogP contribution >= 0.6 is 11.8 Å². The lowest BCUT2D eigenvalue weighted by Gasteiger charge is -2.21. The normalized spacial score (nSPS) is 15.5. The number of nitrogens with zero attached hydrogens (tertiary/aromatic N) is 4. The molecule has 1 fully saturated rings. The summed E-state index contributed by atoms with van der Waals surface area (Å²) in [5.74, 6) is 1.51. The summed E-state index contributed by atoms with van der Waals surface area (Å²) in [4.78, 5) is 27.0. The van der Waals surface area contributed by atoms with Crippen LogP contribution < -0.4 is 20.1 Å². The summed E-state index contributed by atoms with van der Waals surface area (Å²) in [7, 11) is 5.84. The second-order valence-electron chi connectivity index (χ2n) is 8.32. The van der Waals surface area contributed by atoms with Gasteiger partial charge in [-0.2, -0.15) is 4.98 Å². The molecule has 2 heterocycles. The molecule has 1 atom stereocenters. The maximum atomic E-state index is 11.4. The zero-order valence-corrected chi connectivity index (χ0v) is 20.4. The zero-order valence-electron chi connectivity index (χ0n) is 19.6. The molecule has 0 spiro atoms. The van der Waals surface area contributed by atoms with E-state index in [-0.39, 0.29) is 0 Å². The Hall–Kier alpha value is -3.30. The summed E-state index contributed by atoms with van der Waals surface area (Å²) in [6, 6.07) is 15.4. The number of amides is 1. The first-order valence-corrected chi connectivity index (χ1v) is 11.9. The minimum absolute atomic E-state index is 0.349. The molecule has 9 heteroatoms. The van der Waals surface area contributed by atoms with Gasteiger partial charge in [0.05, 0.1) is 18.2 Å². The molecule has 0 bridgehead atoms. The van der Waals surface area contributed by atoms with E-state index < -0.39 is 5.91 Å². The van der Waals surface area contributed by atoms with Crippen LogP contribution in [0.4, 0.5) is 5.95 Å². The first kappa shape index (κ1) is 23.8. The maximum Gasteiger partial charge on any atom is 0.248 e. The first-order chi connectivity index (χ1) is 16.4. The van der Waals surface area contributed by atoms with Gasteiger partial charge >= 0.3 is 0 Å². The van der Waals surface area contributed by atoms with E-state index in [0.717, 1.165) is 40.6 Å². The average molecular weight is 480 g/mol. The van der Waals surface area contributed by atoms with E-state index in [1.54, 1.807) is 25.4 Å². The first-order valence-electron chi connectivity index (χ1n) is 11.0. The fraction of sp³-hybridized carbons (Fsp3) is 0.320. The quantitative estimate of drug-likeness (QED) is 0.499. The second kappa shape index (κ2) is 10.8. The topological polar surface area (TPSA) is 93.8 Å². The Balaban J connectivity index is 1.57. The molecule has 1 saturated heterocycles. The lowest BCUT2D eigenvalue weighted by atomic mass is 10.2. The van der Waals surface area contributed by atoms with Gasteiger partial charge in [-0.15, -0.1) is 0 Å². The van der Waals surface area contributed by atoms with Crippen molar-refractivity contribution in [2.75, 3.05) is 39.2 Å². The number of likely N-dealkylation sites (N-methyl/N-ethyl adjacent to an activating group) is 1. The number of hydrogen-bond donors (Lipinski definition) is 1. The van der Waals surface area contributed by atoms with Gasteiger partial charge in [0.1, 0.15) is 12.4 Å². The highest BCUT2D eigenvalue weighted by atomic mass is 32.2. The molecule has 3 aromatic rings. The van der Waals surface area contributed by atoms with Crippen LogP contribution in [0.2, 0.25) is 0 Å². The molecule has 0 radical (unpaired) electrons. The molecule has 0 saturated carbocycles. The molecule has 4 rings (SSSR count). The molecule has 34 heavy (non-hydrogen) atoms. The van der Waals surface area contributed by atoms with Gasteiger partial charge in [0.2, 0.25) is 17.7 Å². The number of aromatic nitrogens is 2. The lowest BCUT2D eigenvalue weighted by molar-refractivity contribution is 0.1000. The van der Waals surface area contributed by atoms with Gasteiger partial charge in [-0.3, -0.25) is 4.79 Å². The highest BCUT2D eigenvalue weighted by Crippen LogP contribution is 2.35. The van der Waals surface area contributed by atoms with Crippen LogP contribution in [0.1, 0.15) is 22.3 Å². The number of carbonyl (C=O) groups is 1. The summed E-state index contributed by atoms with van der Waals surface area (Å²) in [6.45, 7) is 2.13. The number of hydrogen-bond acceptors (Lipinski definition) is 8. The van der Waals surface area contributed by atoms with Crippen molar-refractivity contribution in [2.24, 2.45) is 5.73 Å². The minimum atomic E-state index is -0.451. The highest BCUT2D eigenvalue weighted by Gasteiger charge is 2.26. The third-order valence-corrected chi connectivity index (χ3v) is 6.77. The van der Waals surface area contributed by atoms with E-state index in [0.29, 0.717) is 30.0 Å². The molecule has 2 aromatic carbocycles. The predicted molar refractivity (Wildman–Crippen MR) is 133 cm³/mol. The van der Waals surface area contributed by atoms with Gasteiger partial charge in [-0.1, -0.05) is 23.9 Å². The number of methoxy groups -OCH3 is 1. The molecule has 0 unspecified atom stereocenters. The van der Waals surface area contributed by atoms with E-state index >= 15 is 0 Å². The summed E-state index contributed by atoms with van der Waals surface area (Å²) in [5.41, 5.74) is 6.81. The summed E-state index contributed by atoms with van der Waals surface area (Å²) in [5, 5.41) is 0. The van der Waals surface area contributed by atoms with Crippen LogP contribution in [0.3, 0.4) is 0 Å². The standard InChI is InChI=1S/C25H29N5O3S/c1-29(2)19-11-12-30(15-19)25-27-14-22(34-21-9-7-18(8-10-21)23(26)31)24(28-25)33-16-17-5-4-6-20(13-17)32-3/h4-10,13-14,19H,11-12,15-16H2,1-3H3,(H2,26,31)/t19-/m1/s1. The Morgan fingerprint density at radius 1 is 1.24 bits per heavy atom. The van der Waals surface area contributed by atoms with Crippen LogP contribution in [0, 0.1) is 0 Å². The molecule has 2 N–H and O–H groups in total. The third-order valence-electron chi connectivity index (χ3n) is 5.76. The molecular formula is C25H29N5O3S. The Morgan fingerprint density at radius 2 is 2.03 bits per heavy atom. The van der Waals surface area contributed by atoms with E-state index in [1.807, 2.05) is 36.4 Å². The smallest absolute Gasteiger partial charge is 0.248 e. The van der Waals surface area contributed by atoms with Crippen LogP contribution in [-0.2, 0) is 6.61 Å². The third kappa shape index (κ3) is 5.78. The highest BCUT2D eigenvalue weighted by molar-refractivity contribution is 7.99. The molecule has 8 nitrogen and oxygen atoms in total. The van der Waals surface area contributed by atoms with Crippen LogP contribution in [-0.4, -0.2) is 61.1 Å². The van der Waals surface area contributed by atoms with Gasteiger partial charge in [-0.05, 0) is 62.5 Å². The van der Waals surface area contributed by atoms with Crippen molar-refractivity contribution in [3.63, 3.8) is 0 Å². The van der Waals surface area contributed by atoms with Gasteiger partial charge < -0.3 is 25.0 Å². The van der Waals surface area contributed by atoms with Crippen molar-refractivity contribution in [1.82, 2.24) is 14.9 Å². The summed E-state index contributed by atoms with van der Waals surface area (Å²) < 4.78 is 11.5. The molecule has 1 aliphatic heterocycles. The zero-order chi connectivity index (χ0) is 24.1. The molecule has 1 aromatic heterocycles. The number of anilines is 1. The predicted octanol–water partition coefficient (Wildman–Crippen LogP) is 3.45. The Kier molecular flexibility index (Phi) is 7.54. The Bertz CT molecular complexity index is 1140. The molecule has 1 amide bonds. The van der Waals surface area contributed by atoms with Gasteiger partial charge in [-0.25, -0.2) is 4.98 Å². The van der Waals surface area contributed by atoms with Crippen LogP contribution in [0.5, 0.6) is 11.6 Å². The fourth-order valence-electron chi connectivity index (χ4n) is 3.75. The molecule has 178 valence electrons. The summed E-state index contributed by atoms with van der Waals surface area (Å²) >= 11 is 1.48. The van der Waals surface area contributed by atoms with E-state index in [9.17, 15) is 4.79 Å². The number of rotatable bonds is 9. The van der Waals surface area contributed by atoms with Crippen LogP contribution in [0.15, 0.2) is 64.5 Å². The van der Waals surface area contributed by atoms with Crippen molar-refractivity contribution < 1.29 is 14.3 Å². The average Bonchev–Trinajstić information content (AvgIpc) is 3.35. The largest absolute Gasteiger partial charge is 0.497 e. The molecular weight excluding hydrogens is 450 g/mol. The Morgan fingerprint density at radius 3 is 2.71 bits per heavy atom. The lowest BCUT2D eigenvalue weighted by Crippen LogP contribution is -2.32. The van der Waals surface area contributed by atoms with Crippen molar-refractivity contribution in [2.45, 2.75) is 28.9 Å². The van der Waals surface area contributed by atoms with Gasteiger partial charge in [0.15, 0.2) is 0 Å². The molecule has 1 aliphatic rings. The maximum absolute atomic E-state index is 11.4. The number of ether oxygens (including phenoxy) is 2. The number of nitrogens with two attached hydrogens (primary N) is 1. The molecule has 0 aliphatic carbocycles. The van der Waals surface area contributed by atoms with Crippen molar-refractivity contribution in [1.29, 1.82) is 0 Å².